The molecular weight excluding hydrogens is 247 g/mol. The second-order valence-corrected chi connectivity index (χ2v) is 4.55. The Kier molecular flexibility index (Phi) is 4.72. The van der Waals surface area contributed by atoms with Crippen molar-refractivity contribution >= 4 is 5.69 Å². The molecular formula is C14H17FN2O2. The van der Waals surface area contributed by atoms with Gasteiger partial charge in [-0.15, -0.1) is 0 Å². The Balaban J connectivity index is 2.00. The highest BCUT2D eigenvalue weighted by Gasteiger charge is 2.21. The number of anilines is 1. The number of aliphatic hydroxyl groups excluding tert-OH is 1. The van der Waals surface area contributed by atoms with Crippen molar-refractivity contribution in [3.8, 4) is 6.07 Å². The van der Waals surface area contributed by atoms with Gasteiger partial charge in [-0.3, -0.25) is 0 Å². The minimum atomic E-state index is -0.388. The standard InChI is InChI=1S/C14H17FN2O2/c15-12-1-2-14(11(9-12)10-16)17-5-3-13(4-6-17)19-8-7-18/h1-2,9,13,18H,3-8H2. The maximum Gasteiger partial charge on any atom is 0.124 e. The highest BCUT2D eigenvalue weighted by atomic mass is 19.1. The maximum absolute atomic E-state index is 13.1. The van der Waals surface area contributed by atoms with Gasteiger partial charge in [0, 0.05) is 13.1 Å². The molecule has 1 heterocycles. The SMILES string of the molecule is N#Cc1cc(F)ccc1N1CCC(OCCO)CC1. The third kappa shape index (κ3) is 3.43. The van der Waals surface area contributed by atoms with Gasteiger partial charge in [0.2, 0.25) is 0 Å². The van der Waals surface area contributed by atoms with Crippen molar-refractivity contribution < 1.29 is 14.2 Å². The van der Waals surface area contributed by atoms with E-state index in [9.17, 15) is 4.39 Å². The number of rotatable bonds is 4. The van der Waals surface area contributed by atoms with Crippen LogP contribution in [0.2, 0.25) is 0 Å². The van der Waals surface area contributed by atoms with Crippen LogP contribution >= 0.6 is 0 Å². The smallest absolute Gasteiger partial charge is 0.124 e. The average Bonchev–Trinajstić information content (AvgIpc) is 2.45. The molecule has 1 aliphatic rings. The van der Waals surface area contributed by atoms with Crippen molar-refractivity contribution in [1.82, 2.24) is 0 Å². The van der Waals surface area contributed by atoms with Crippen LogP contribution in [0.3, 0.4) is 0 Å². The minimum absolute atomic E-state index is 0.0384. The molecule has 1 fully saturated rings. The molecule has 0 bridgehead atoms. The van der Waals surface area contributed by atoms with Crippen LogP contribution in [0.4, 0.5) is 10.1 Å². The summed E-state index contributed by atoms with van der Waals surface area (Å²) in [6, 6.07) is 6.34. The lowest BCUT2D eigenvalue weighted by Gasteiger charge is -2.33. The zero-order valence-electron chi connectivity index (χ0n) is 10.7. The second-order valence-electron chi connectivity index (χ2n) is 4.55. The van der Waals surface area contributed by atoms with E-state index in [1.807, 2.05) is 6.07 Å². The van der Waals surface area contributed by atoms with Crippen molar-refractivity contribution in [2.24, 2.45) is 0 Å². The zero-order chi connectivity index (χ0) is 13.7. The van der Waals surface area contributed by atoms with E-state index >= 15 is 0 Å². The zero-order valence-corrected chi connectivity index (χ0v) is 10.7. The summed E-state index contributed by atoms with van der Waals surface area (Å²) in [4.78, 5) is 2.08. The van der Waals surface area contributed by atoms with E-state index in [4.69, 9.17) is 15.1 Å². The summed E-state index contributed by atoms with van der Waals surface area (Å²) >= 11 is 0. The summed E-state index contributed by atoms with van der Waals surface area (Å²) in [5.74, 6) is -0.388. The minimum Gasteiger partial charge on any atom is -0.394 e. The molecule has 0 unspecified atom stereocenters. The summed E-state index contributed by atoms with van der Waals surface area (Å²) in [6.45, 7) is 1.95. The number of hydrogen-bond donors (Lipinski definition) is 1. The molecule has 5 heteroatoms. The Morgan fingerprint density at radius 3 is 2.79 bits per heavy atom. The largest absolute Gasteiger partial charge is 0.394 e. The summed E-state index contributed by atoms with van der Waals surface area (Å²) in [6.07, 6.45) is 1.86. The highest BCUT2D eigenvalue weighted by molar-refractivity contribution is 5.59. The lowest BCUT2D eigenvalue weighted by molar-refractivity contribution is 0.0159. The molecule has 19 heavy (non-hydrogen) atoms. The summed E-state index contributed by atoms with van der Waals surface area (Å²) in [7, 11) is 0. The van der Waals surface area contributed by atoms with Crippen LogP contribution in [-0.2, 0) is 4.74 Å². The predicted molar refractivity (Wildman–Crippen MR) is 69.4 cm³/mol. The average molecular weight is 264 g/mol. The molecule has 1 saturated heterocycles. The first-order chi connectivity index (χ1) is 9.24. The van der Waals surface area contributed by atoms with Gasteiger partial charge in [-0.1, -0.05) is 0 Å². The number of piperidine rings is 1. The Hall–Kier alpha value is -1.64. The number of hydrogen-bond acceptors (Lipinski definition) is 4. The molecule has 0 aromatic heterocycles. The molecule has 0 spiro atoms. The van der Waals surface area contributed by atoms with E-state index < -0.39 is 0 Å². The lowest BCUT2D eigenvalue weighted by atomic mass is 10.1. The number of nitriles is 1. The van der Waals surface area contributed by atoms with Gasteiger partial charge in [0.15, 0.2) is 0 Å². The quantitative estimate of drug-likeness (QED) is 0.899. The van der Waals surface area contributed by atoms with Crippen LogP contribution in [0.25, 0.3) is 0 Å². The molecule has 1 aliphatic heterocycles. The molecule has 1 aromatic rings. The van der Waals surface area contributed by atoms with E-state index in [-0.39, 0.29) is 18.5 Å². The van der Waals surface area contributed by atoms with Gasteiger partial charge in [0.1, 0.15) is 11.9 Å². The van der Waals surface area contributed by atoms with Crippen LogP contribution in [0.15, 0.2) is 18.2 Å². The Bertz CT molecular complexity index is 465. The molecule has 0 radical (unpaired) electrons. The Morgan fingerprint density at radius 2 is 2.16 bits per heavy atom. The van der Waals surface area contributed by atoms with Gasteiger partial charge < -0.3 is 14.7 Å². The predicted octanol–water partition coefficient (Wildman–Crippen LogP) is 1.68. The summed E-state index contributed by atoms with van der Waals surface area (Å²) in [5, 5.41) is 17.8. The molecule has 2 rings (SSSR count). The van der Waals surface area contributed by atoms with Gasteiger partial charge in [0.05, 0.1) is 30.6 Å². The van der Waals surface area contributed by atoms with Crippen molar-refractivity contribution in [2.75, 3.05) is 31.2 Å². The van der Waals surface area contributed by atoms with E-state index in [2.05, 4.69) is 4.90 Å². The third-order valence-corrected chi connectivity index (χ3v) is 3.31. The molecule has 0 aliphatic carbocycles. The number of ether oxygens (including phenoxy) is 1. The first kappa shape index (κ1) is 13.8. The van der Waals surface area contributed by atoms with Gasteiger partial charge >= 0.3 is 0 Å². The normalized spacial score (nSPS) is 16.4. The van der Waals surface area contributed by atoms with Crippen molar-refractivity contribution in [3.05, 3.63) is 29.6 Å². The van der Waals surface area contributed by atoms with Crippen LogP contribution in [0.5, 0.6) is 0 Å². The fraction of sp³-hybridized carbons (Fsp3) is 0.500. The molecule has 0 saturated carbocycles. The third-order valence-electron chi connectivity index (χ3n) is 3.31. The van der Waals surface area contributed by atoms with Crippen LogP contribution < -0.4 is 4.90 Å². The summed E-state index contributed by atoms with van der Waals surface area (Å²) < 4.78 is 18.6. The second kappa shape index (κ2) is 6.50. The van der Waals surface area contributed by atoms with Crippen molar-refractivity contribution in [3.63, 3.8) is 0 Å². The Labute approximate surface area is 112 Å². The van der Waals surface area contributed by atoms with E-state index in [1.54, 1.807) is 6.07 Å². The first-order valence-corrected chi connectivity index (χ1v) is 6.41. The molecule has 0 atom stereocenters. The molecule has 1 aromatic carbocycles. The van der Waals surface area contributed by atoms with Gasteiger partial charge in [0.25, 0.3) is 0 Å². The van der Waals surface area contributed by atoms with Gasteiger partial charge in [-0.05, 0) is 31.0 Å². The lowest BCUT2D eigenvalue weighted by Crippen LogP contribution is -2.37. The van der Waals surface area contributed by atoms with E-state index in [1.165, 1.54) is 12.1 Å². The van der Waals surface area contributed by atoms with Gasteiger partial charge in [-0.2, -0.15) is 5.26 Å². The molecule has 102 valence electrons. The van der Waals surface area contributed by atoms with E-state index in [0.29, 0.717) is 12.2 Å². The first-order valence-electron chi connectivity index (χ1n) is 6.41. The monoisotopic (exact) mass is 264 g/mol. The number of nitrogens with zero attached hydrogens (tertiary/aromatic N) is 2. The Morgan fingerprint density at radius 1 is 1.42 bits per heavy atom. The highest BCUT2D eigenvalue weighted by Crippen LogP contribution is 2.25. The molecule has 0 amide bonds. The van der Waals surface area contributed by atoms with Gasteiger partial charge in [-0.25, -0.2) is 4.39 Å². The molecule has 4 nitrogen and oxygen atoms in total. The maximum atomic E-state index is 13.1. The topological polar surface area (TPSA) is 56.5 Å². The number of benzene rings is 1. The van der Waals surface area contributed by atoms with Crippen LogP contribution in [0.1, 0.15) is 18.4 Å². The van der Waals surface area contributed by atoms with Crippen molar-refractivity contribution in [1.29, 1.82) is 5.26 Å². The van der Waals surface area contributed by atoms with Crippen LogP contribution in [-0.4, -0.2) is 37.5 Å². The number of halogens is 1. The van der Waals surface area contributed by atoms with E-state index in [0.717, 1.165) is 31.6 Å². The fourth-order valence-electron chi connectivity index (χ4n) is 2.36. The summed E-state index contributed by atoms with van der Waals surface area (Å²) in [5.41, 5.74) is 1.15. The number of aliphatic hydroxyl groups is 1. The molecule has 1 N–H and O–H groups in total. The van der Waals surface area contributed by atoms with Crippen molar-refractivity contribution in [2.45, 2.75) is 18.9 Å². The fourth-order valence-corrected chi connectivity index (χ4v) is 2.36. The van der Waals surface area contributed by atoms with Crippen LogP contribution in [0, 0.1) is 17.1 Å².